The average molecular weight is 242 g/mol. The Labute approximate surface area is 102 Å². The zero-order valence-electron chi connectivity index (χ0n) is 10.5. The van der Waals surface area contributed by atoms with Gasteiger partial charge in [0, 0.05) is 39.3 Å². The minimum Gasteiger partial charge on any atom is -0.395 e. The molecule has 0 spiro atoms. The van der Waals surface area contributed by atoms with Crippen molar-refractivity contribution in [2.24, 2.45) is 0 Å². The summed E-state index contributed by atoms with van der Waals surface area (Å²) in [7, 11) is 0. The molecule has 2 heterocycles. The van der Waals surface area contributed by atoms with Crippen LogP contribution in [0.15, 0.2) is 0 Å². The number of piperazine rings is 1. The van der Waals surface area contributed by atoms with E-state index in [1.165, 1.54) is 0 Å². The van der Waals surface area contributed by atoms with Gasteiger partial charge < -0.3 is 14.7 Å². The Balaban J connectivity index is 1.86. The Morgan fingerprint density at radius 2 is 2.06 bits per heavy atom. The van der Waals surface area contributed by atoms with Crippen molar-refractivity contribution in [1.82, 2.24) is 9.80 Å². The van der Waals surface area contributed by atoms with Gasteiger partial charge in [-0.05, 0) is 19.8 Å². The quantitative estimate of drug-likeness (QED) is 0.738. The third-order valence-electron chi connectivity index (χ3n) is 3.75. The number of β-amino-alcohol motifs (C(OH)–C–C–N with tert-alkyl or cyclic N) is 1. The van der Waals surface area contributed by atoms with Crippen LogP contribution < -0.4 is 0 Å². The first-order valence-electron chi connectivity index (χ1n) is 6.42. The van der Waals surface area contributed by atoms with Crippen LogP contribution in [0, 0.1) is 0 Å². The van der Waals surface area contributed by atoms with Crippen LogP contribution in [-0.2, 0) is 9.53 Å². The van der Waals surface area contributed by atoms with E-state index in [4.69, 9.17) is 9.84 Å². The van der Waals surface area contributed by atoms with Gasteiger partial charge in [0.05, 0.1) is 6.61 Å². The van der Waals surface area contributed by atoms with Crippen molar-refractivity contribution < 1.29 is 14.6 Å². The van der Waals surface area contributed by atoms with E-state index in [1.807, 2.05) is 11.8 Å². The number of aliphatic hydroxyl groups is 1. The van der Waals surface area contributed by atoms with Gasteiger partial charge in [0.15, 0.2) is 0 Å². The standard InChI is InChI=1S/C12H22N2O3/c1-12(3-2-10-17-12)11(16)14-6-4-13(5-7-14)8-9-15/h15H,2-10H2,1H3. The molecule has 1 amide bonds. The van der Waals surface area contributed by atoms with E-state index in [1.54, 1.807) is 0 Å². The molecule has 0 aliphatic carbocycles. The topological polar surface area (TPSA) is 53.0 Å². The van der Waals surface area contributed by atoms with Crippen molar-refractivity contribution in [3.8, 4) is 0 Å². The zero-order valence-corrected chi connectivity index (χ0v) is 10.5. The van der Waals surface area contributed by atoms with Crippen molar-refractivity contribution in [3.05, 3.63) is 0 Å². The molecule has 0 radical (unpaired) electrons. The molecule has 1 unspecified atom stereocenters. The molecule has 0 aromatic heterocycles. The molecule has 1 N–H and O–H groups in total. The van der Waals surface area contributed by atoms with Gasteiger partial charge in [0.2, 0.25) is 0 Å². The summed E-state index contributed by atoms with van der Waals surface area (Å²) in [4.78, 5) is 16.4. The molecule has 2 rings (SSSR count). The van der Waals surface area contributed by atoms with Crippen LogP contribution in [0.3, 0.4) is 0 Å². The Hall–Kier alpha value is -0.650. The summed E-state index contributed by atoms with van der Waals surface area (Å²) in [5, 5.41) is 8.87. The van der Waals surface area contributed by atoms with Crippen LogP contribution in [0.25, 0.3) is 0 Å². The van der Waals surface area contributed by atoms with Crippen LogP contribution in [0.5, 0.6) is 0 Å². The van der Waals surface area contributed by atoms with Crippen molar-refractivity contribution >= 4 is 5.91 Å². The average Bonchev–Trinajstić information content (AvgIpc) is 2.78. The zero-order chi connectivity index (χ0) is 12.3. The highest BCUT2D eigenvalue weighted by atomic mass is 16.5. The van der Waals surface area contributed by atoms with Crippen LogP contribution in [0.1, 0.15) is 19.8 Å². The lowest BCUT2D eigenvalue weighted by molar-refractivity contribution is -0.152. The fourth-order valence-electron chi connectivity index (χ4n) is 2.60. The second-order valence-corrected chi connectivity index (χ2v) is 5.04. The second kappa shape index (κ2) is 5.33. The lowest BCUT2D eigenvalue weighted by Gasteiger charge is -2.37. The van der Waals surface area contributed by atoms with Gasteiger partial charge in [-0.2, -0.15) is 0 Å². The summed E-state index contributed by atoms with van der Waals surface area (Å²) >= 11 is 0. The van der Waals surface area contributed by atoms with Gasteiger partial charge in [-0.1, -0.05) is 0 Å². The molecule has 5 nitrogen and oxygen atoms in total. The van der Waals surface area contributed by atoms with Crippen LogP contribution in [-0.4, -0.2) is 72.4 Å². The number of nitrogens with zero attached hydrogens (tertiary/aromatic N) is 2. The van der Waals surface area contributed by atoms with Crippen LogP contribution in [0.2, 0.25) is 0 Å². The maximum absolute atomic E-state index is 12.3. The molecule has 0 bridgehead atoms. The molecule has 17 heavy (non-hydrogen) atoms. The van der Waals surface area contributed by atoms with E-state index in [0.717, 1.165) is 39.0 Å². The fraction of sp³-hybridized carbons (Fsp3) is 0.917. The summed E-state index contributed by atoms with van der Waals surface area (Å²) in [5.41, 5.74) is -0.584. The first-order chi connectivity index (χ1) is 8.15. The Kier molecular flexibility index (Phi) is 4.01. The maximum atomic E-state index is 12.3. The van der Waals surface area contributed by atoms with Gasteiger partial charge in [0.1, 0.15) is 5.60 Å². The highest BCUT2D eigenvalue weighted by Crippen LogP contribution is 2.27. The number of carbonyl (C=O) groups is 1. The molecule has 0 aromatic rings. The summed E-state index contributed by atoms with van der Waals surface area (Å²) in [6.45, 7) is 6.69. The molecule has 98 valence electrons. The van der Waals surface area contributed by atoms with Gasteiger partial charge in [-0.15, -0.1) is 0 Å². The maximum Gasteiger partial charge on any atom is 0.254 e. The molecule has 2 saturated heterocycles. The first-order valence-corrected chi connectivity index (χ1v) is 6.42. The van der Waals surface area contributed by atoms with E-state index < -0.39 is 5.60 Å². The minimum atomic E-state index is -0.584. The fourth-order valence-corrected chi connectivity index (χ4v) is 2.60. The summed E-state index contributed by atoms with van der Waals surface area (Å²) in [6, 6.07) is 0. The number of ether oxygens (including phenoxy) is 1. The summed E-state index contributed by atoms with van der Waals surface area (Å²) < 4.78 is 5.58. The summed E-state index contributed by atoms with van der Waals surface area (Å²) in [5.74, 6) is 0.138. The Bertz CT molecular complexity index is 269. The summed E-state index contributed by atoms with van der Waals surface area (Å²) in [6.07, 6.45) is 1.81. The number of aliphatic hydroxyl groups excluding tert-OH is 1. The van der Waals surface area contributed by atoms with Gasteiger partial charge in [0.25, 0.3) is 5.91 Å². The van der Waals surface area contributed by atoms with E-state index in [-0.39, 0.29) is 12.5 Å². The number of amides is 1. The third-order valence-corrected chi connectivity index (χ3v) is 3.75. The highest BCUT2D eigenvalue weighted by Gasteiger charge is 2.41. The Morgan fingerprint density at radius 3 is 2.59 bits per heavy atom. The molecule has 0 aromatic carbocycles. The molecular formula is C12H22N2O3. The lowest BCUT2D eigenvalue weighted by atomic mass is 10.0. The lowest BCUT2D eigenvalue weighted by Crippen LogP contribution is -2.55. The number of rotatable bonds is 3. The molecular weight excluding hydrogens is 220 g/mol. The smallest absolute Gasteiger partial charge is 0.254 e. The molecule has 0 saturated carbocycles. The van der Waals surface area contributed by atoms with Crippen LogP contribution >= 0.6 is 0 Å². The number of hydrogen-bond donors (Lipinski definition) is 1. The Morgan fingerprint density at radius 1 is 1.35 bits per heavy atom. The van der Waals surface area contributed by atoms with E-state index >= 15 is 0 Å². The van der Waals surface area contributed by atoms with Gasteiger partial charge >= 0.3 is 0 Å². The second-order valence-electron chi connectivity index (χ2n) is 5.04. The van der Waals surface area contributed by atoms with Gasteiger partial charge in [-0.3, -0.25) is 9.69 Å². The highest BCUT2D eigenvalue weighted by molar-refractivity contribution is 5.85. The largest absolute Gasteiger partial charge is 0.395 e. The molecule has 2 fully saturated rings. The van der Waals surface area contributed by atoms with Crippen molar-refractivity contribution in [2.75, 3.05) is 45.9 Å². The predicted octanol–water partition coefficient (Wildman–Crippen LogP) is -0.308. The van der Waals surface area contributed by atoms with Gasteiger partial charge in [-0.25, -0.2) is 0 Å². The van der Waals surface area contributed by atoms with Crippen molar-refractivity contribution in [1.29, 1.82) is 0 Å². The minimum absolute atomic E-state index is 0.138. The normalized spacial score (nSPS) is 30.8. The van der Waals surface area contributed by atoms with E-state index in [9.17, 15) is 4.79 Å². The molecule has 2 aliphatic heterocycles. The monoisotopic (exact) mass is 242 g/mol. The number of hydrogen-bond acceptors (Lipinski definition) is 4. The van der Waals surface area contributed by atoms with E-state index in [0.29, 0.717) is 13.2 Å². The van der Waals surface area contributed by atoms with Crippen molar-refractivity contribution in [3.63, 3.8) is 0 Å². The van der Waals surface area contributed by atoms with E-state index in [2.05, 4.69) is 4.90 Å². The molecule has 2 aliphatic rings. The SMILES string of the molecule is CC1(C(=O)N2CCN(CCO)CC2)CCCO1. The first kappa shape index (κ1) is 12.8. The predicted molar refractivity (Wildman–Crippen MR) is 63.7 cm³/mol. The van der Waals surface area contributed by atoms with Crippen molar-refractivity contribution in [2.45, 2.75) is 25.4 Å². The molecule has 5 heteroatoms. The molecule has 1 atom stereocenters. The third kappa shape index (κ3) is 2.78. The van der Waals surface area contributed by atoms with Crippen LogP contribution in [0.4, 0.5) is 0 Å². The number of carbonyl (C=O) groups excluding carboxylic acids is 1.